The molecule has 0 aliphatic carbocycles. The maximum absolute atomic E-state index is 2.19. The number of nitrogens with zero attached hydrogens (tertiary/aromatic N) is 3. The maximum Gasteiger partial charge on any atom is 0.0430 e. The summed E-state index contributed by atoms with van der Waals surface area (Å²) >= 11 is 0. The van der Waals surface area contributed by atoms with Gasteiger partial charge >= 0.3 is 0 Å². The number of hydrazine groups is 2. The molecule has 0 radical (unpaired) electrons. The zero-order valence-corrected chi connectivity index (χ0v) is 8.84. The molecule has 0 heterocycles. The van der Waals surface area contributed by atoms with Crippen LogP contribution in [0.3, 0.4) is 0 Å². The van der Waals surface area contributed by atoms with Crippen LogP contribution in [0.4, 0.5) is 0 Å². The third-order valence-electron chi connectivity index (χ3n) is 1.36. The van der Waals surface area contributed by atoms with Crippen molar-refractivity contribution < 1.29 is 0 Å². The highest BCUT2D eigenvalue weighted by molar-refractivity contribution is 4.69. The summed E-state index contributed by atoms with van der Waals surface area (Å²) in [4.78, 5) is 0. The van der Waals surface area contributed by atoms with E-state index < -0.39 is 0 Å². The summed E-state index contributed by atoms with van der Waals surface area (Å²) in [6.45, 7) is 6.56. The van der Waals surface area contributed by atoms with E-state index in [9.17, 15) is 0 Å². The third-order valence-corrected chi connectivity index (χ3v) is 1.36. The minimum absolute atomic E-state index is 0.146. The fourth-order valence-electron chi connectivity index (χ4n) is 1.56. The summed E-state index contributed by atoms with van der Waals surface area (Å²) in [6, 6.07) is 0. The molecule has 68 valence electrons. The van der Waals surface area contributed by atoms with Crippen molar-refractivity contribution in [3.63, 3.8) is 0 Å². The van der Waals surface area contributed by atoms with Crippen molar-refractivity contribution in [1.82, 2.24) is 15.1 Å². The van der Waals surface area contributed by atoms with Gasteiger partial charge in [0, 0.05) is 33.7 Å². The molecule has 0 aromatic carbocycles. The lowest BCUT2D eigenvalue weighted by atomic mass is 10.1. The van der Waals surface area contributed by atoms with Crippen molar-refractivity contribution in [2.45, 2.75) is 26.3 Å². The van der Waals surface area contributed by atoms with Crippen LogP contribution in [0.2, 0.25) is 0 Å². The van der Waals surface area contributed by atoms with E-state index in [-0.39, 0.29) is 5.54 Å². The average molecular weight is 159 g/mol. The second-order valence-corrected chi connectivity index (χ2v) is 4.15. The van der Waals surface area contributed by atoms with Crippen LogP contribution in [0.15, 0.2) is 0 Å². The van der Waals surface area contributed by atoms with Crippen molar-refractivity contribution in [2.24, 2.45) is 0 Å². The van der Waals surface area contributed by atoms with Gasteiger partial charge in [-0.25, -0.2) is 10.0 Å². The lowest BCUT2D eigenvalue weighted by Crippen LogP contribution is -2.56. The van der Waals surface area contributed by atoms with E-state index >= 15 is 0 Å². The van der Waals surface area contributed by atoms with Crippen molar-refractivity contribution in [3.8, 4) is 0 Å². The molecule has 0 fully saturated rings. The minimum atomic E-state index is 0.146. The molecule has 0 N–H and O–H groups in total. The Morgan fingerprint density at radius 1 is 0.727 bits per heavy atom. The van der Waals surface area contributed by atoms with Crippen molar-refractivity contribution in [3.05, 3.63) is 0 Å². The quantitative estimate of drug-likeness (QED) is 0.557. The molecular formula is C8H21N3. The van der Waals surface area contributed by atoms with E-state index in [1.807, 2.05) is 28.2 Å². The Labute approximate surface area is 70.5 Å². The molecular weight excluding hydrogens is 138 g/mol. The van der Waals surface area contributed by atoms with Crippen LogP contribution in [0, 0.1) is 0 Å². The van der Waals surface area contributed by atoms with Crippen LogP contribution >= 0.6 is 0 Å². The summed E-state index contributed by atoms with van der Waals surface area (Å²) < 4.78 is 0. The molecule has 11 heavy (non-hydrogen) atoms. The van der Waals surface area contributed by atoms with Gasteiger partial charge in [0.15, 0.2) is 0 Å². The Morgan fingerprint density at radius 2 is 1.00 bits per heavy atom. The van der Waals surface area contributed by atoms with Crippen LogP contribution in [0.5, 0.6) is 0 Å². The summed E-state index contributed by atoms with van der Waals surface area (Å²) in [5.41, 5.74) is 0.146. The molecule has 0 unspecified atom stereocenters. The highest BCUT2D eigenvalue weighted by atomic mass is 15.9. The van der Waals surface area contributed by atoms with Gasteiger partial charge in [-0.2, -0.15) is 5.12 Å². The fourth-order valence-corrected chi connectivity index (χ4v) is 1.56. The molecule has 0 amide bonds. The number of hydrogen-bond donors (Lipinski definition) is 0. The minimum Gasteiger partial charge on any atom is -0.234 e. The van der Waals surface area contributed by atoms with Crippen molar-refractivity contribution in [2.75, 3.05) is 28.2 Å². The lowest BCUT2D eigenvalue weighted by molar-refractivity contribution is -0.191. The standard InChI is InChI=1S/C8H21N3/c1-8(2,3)11(9(4)5)10(6)7/h1-7H3. The lowest BCUT2D eigenvalue weighted by Gasteiger charge is -2.43. The van der Waals surface area contributed by atoms with E-state index in [1.54, 1.807) is 0 Å². The van der Waals surface area contributed by atoms with E-state index in [1.165, 1.54) is 0 Å². The predicted molar refractivity (Wildman–Crippen MR) is 49.0 cm³/mol. The summed E-state index contributed by atoms with van der Waals surface area (Å²) in [7, 11) is 8.19. The van der Waals surface area contributed by atoms with E-state index in [0.29, 0.717) is 0 Å². The second-order valence-electron chi connectivity index (χ2n) is 4.15. The van der Waals surface area contributed by atoms with Gasteiger partial charge in [0.1, 0.15) is 0 Å². The van der Waals surface area contributed by atoms with Crippen LogP contribution in [-0.4, -0.2) is 48.9 Å². The van der Waals surface area contributed by atoms with Crippen molar-refractivity contribution in [1.29, 1.82) is 0 Å². The van der Waals surface area contributed by atoms with Crippen LogP contribution in [-0.2, 0) is 0 Å². The number of rotatable bonds is 2. The Kier molecular flexibility index (Phi) is 3.48. The van der Waals surface area contributed by atoms with Crippen LogP contribution < -0.4 is 0 Å². The Morgan fingerprint density at radius 3 is 1.00 bits per heavy atom. The largest absolute Gasteiger partial charge is 0.234 e. The smallest absolute Gasteiger partial charge is 0.0430 e. The average Bonchev–Trinajstić information content (AvgIpc) is 1.54. The van der Waals surface area contributed by atoms with Gasteiger partial charge in [0.05, 0.1) is 0 Å². The first kappa shape index (κ1) is 10.9. The maximum atomic E-state index is 2.19. The molecule has 0 bridgehead atoms. The summed E-state index contributed by atoms with van der Waals surface area (Å²) in [6.07, 6.45) is 0. The molecule has 0 saturated heterocycles. The molecule has 0 aliphatic heterocycles. The van der Waals surface area contributed by atoms with Crippen molar-refractivity contribution >= 4 is 0 Å². The molecule has 0 aromatic rings. The molecule has 0 spiro atoms. The second kappa shape index (κ2) is 3.52. The van der Waals surface area contributed by atoms with Crippen LogP contribution in [0.1, 0.15) is 20.8 Å². The first-order valence-electron chi connectivity index (χ1n) is 3.91. The van der Waals surface area contributed by atoms with Gasteiger partial charge < -0.3 is 0 Å². The Hall–Kier alpha value is -0.120. The fraction of sp³-hybridized carbons (Fsp3) is 1.00. The molecule has 3 heteroatoms. The first-order chi connectivity index (χ1) is 4.76. The molecule has 0 aromatic heterocycles. The van der Waals surface area contributed by atoms with Crippen LogP contribution in [0.25, 0.3) is 0 Å². The molecule has 3 nitrogen and oxygen atoms in total. The van der Waals surface area contributed by atoms with E-state index in [2.05, 4.69) is 35.9 Å². The van der Waals surface area contributed by atoms with Gasteiger partial charge in [0.2, 0.25) is 0 Å². The zero-order chi connectivity index (χ0) is 9.23. The molecule has 0 aliphatic rings. The van der Waals surface area contributed by atoms with Gasteiger partial charge in [-0.3, -0.25) is 0 Å². The molecule has 0 rings (SSSR count). The SMILES string of the molecule is CN(C)N(N(C)C)C(C)(C)C. The Balaban J connectivity index is 4.35. The highest BCUT2D eigenvalue weighted by Gasteiger charge is 2.24. The van der Waals surface area contributed by atoms with Gasteiger partial charge in [-0.1, -0.05) is 0 Å². The summed E-state index contributed by atoms with van der Waals surface area (Å²) in [5, 5.41) is 6.35. The highest BCUT2D eigenvalue weighted by Crippen LogP contribution is 2.14. The predicted octanol–water partition coefficient (Wildman–Crippen LogP) is 1.04. The molecule has 0 saturated carbocycles. The topological polar surface area (TPSA) is 9.72 Å². The summed E-state index contributed by atoms with van der Waals surface area (Å²) in [5.74, 6) is 0. The van der Waals surface area contributed by atoms with E-state index in [4.69, 9.17) is 0 Å². The number of hydrogen-bond acceptors (Lipinski definition) is 3. The first-order valence-corrected chi connectivity index (χ1v) is 3.91. The normalized spacial score (nSPS) is 13.6. The van der Waals surface area contributed by atoms with E-state index in [0.717, 1.165) is 0 Å². The van der Waals surface area contributed by atoms with Gasteiger partial charge in [-0.15, -0.1) is 0 Å². The Bertz CT molecular complexity index is 105. The monoisotopic (exact) mass is 159 g/mol. The third kappa shape index (κ3) is 3.18. The van der Waals surface area contributed by atoms with Gasteiger partial charge in [-0.05, 0) is 20.8 Å². The van der Waals surface area contributed by atoms with Gasteiger partial charge in [0.25, 0.3) is 0 Å². The molecule has 0 atom stereocenters. The zero-order valence-electron chi connectivity index (χ0n) is 8.84.